The highest BCUT2D eigenvalue weighted by molar-refractivity contribution is 9.11. The van der Waals surface area contributed by atoms with Crippen LogP contribution in [0.1, 0.15) is 26.2 Å². The summed E-state index contributed by atoms with van der Waals surface area (Å²) in [7, 11) is -6.38. The van der Waals surface area contributed by atoms with Gasteiger partial charge in [0, 0.05) is 9.65 Å². The highest BCUT2D eigenvalue weighted by Crippen LogP contribution is 2.27. The predicted molar refractivity (Wildman–Crippen MR) is 99.0 cm³/mol. The van der Waals surface area contributed by atoms with E-state index in [1.165, 1.54) is 0 Å². The lowest BCUT2D eigenvalue weighted by Gasteiger charge is -2.23. The molecular formula is C10H18Br4O4S2. The van der Waals surface area contributed by atoms with Gasteiger partial charge in [0.2, 0.25) is 0 Å². The van der Waals surface area contributed by atoms with Crippen LogP contribution in [0.15, 0.2) is 0 Å². The molecule has 0 aromatic rings. The average molecular weight is 586 g/mol. The first-order chi connectivity index (χ1) is 9.09. The topological polar surface area (TPSA) is 68.3 Å². The zero-order valence-corrected chi connectivity index (χ0v) is 18.9. The number of hydrogen-bond donors (Lipinski definition) is 0. The van der Waals surface area contributed by atoms with Crippen LogP contribution < -0.4 is 0 Å². The van der Waals surface area contributed by atoms with E-state index in [-0.39, 0.29) is 24.7 Å². The Morgan fingerprint density at radius 2 is 1.55 bits per heavy atom. The molecule has 0 saturated heterocycles. The largest absolute Gasteiger partial charge is 0.228 e. The molecule has 0 aromatic heterocycles. The second-order valence-electron chi connectivity index (χ2n) is 4.47. The number of alkyl halides is 4. The summed E-state index contributed by atoms with van der Waals surface area (Å²) in [5.74, 6) is -0.0203. The van der Waals surface area contributed by atoms with Crippen molar-refractivity contribution in [3.05, 3.63) is 0 Å². The van der Waals surface area contributed by atoms with Gasteiger partial charge in [-0.1, -0.05) is 77.1 Å². The van der Waals surface area contributed by atoms with Gasteiger partial charge < -0.3 is 0 Å². The molecular weight excluding hydrogens is 568 g/mol. The second kappa shape index (κ2) is 9.85. The van der Waals surface area contributed by atoms with Crippen LogP contribution in [0.25, 0.3) is 0 Å². The van der Waals surface area contributed by atoms with Crippen molar-refractivity contribution >= 4 is 83.4 Å². The standard InChI is InChI=1S/C10H18Br4O4S2/c1-2-3-10(20(17,18)7-12)9(14)4-8(13)5-19(15,16)6-11/h8-10H,2-7H2,1H3. The molecule has 0 heterocycles. The third kappa shape index (κ3) is 7.89. The van der Waals surface area contributed by atoms with Gasteiger partial charge in [-0.2, -0.15) is 0 Å². The molecule has 0 fully saturated rings. The molecule has 0 spiro atoms. The average Bonchev–Trinajstić information content (AvgIpc) is 2.34. The van der Waals surface area contributed by atoms with Crippen molar-refractivity contribution in [1.82, 2.24) is 0 Å². The minimum absolute atomic E-state index is 0.0203. The maximum absolute atomic E-state index is 12.0. The molecule has 20 heavy (non-hydrogen) atoms. The van der Waals surface area contributed by atoms with Gasteiger partial charge in [0.15, 0.2) is 19.7 Å². The summed E-state index contributed by atoms with van der Waals surface area (Å²) in [6.07, 6.45) is 1.74. The number of rotatable bonds is 10. The fourth-order valence-corrected chi connectivity index (χ4v) is 9.22. The molecule has 0 amide bonds. The highest BCUT2D eigenvalue weighted by atomic mass is 79.9. The zero-order valence-electron chi connectivity index (χ0n) is 10.9. The van der Waals surface area contributed by atoms with Gasteiger partial charge in [-0.3, -0.25) is 0 Å². The molecule has 0 saturated carbocycles. The van der Waals surface area contributed by atoms with E-state index in [0.717, 1.165) is 6.42 Å². The Labute approximate surface area is 155 Å². The summed E-state index contributed by atoms with van der Waals surface area (Å²) in [6, 6.07) is 0. The highest BCUT2D eigenvalue weighted by Gasteiger charge is 2.32. The molecule has 0 aliphatic rings. The SMILES string of the molecule is CCCC(C(Br)CC(Br)CS(=O)(=O)CBr)S(=O)(=O)CBr. The lowest BCUT2D eigenvalue weighted by molar-refractivity contribution is 0.561. The van der Waals surface area contributed by atoms with Crippen molar-refractivity contribution in [2.24, 2.45) is 0 Å². The van der Waals surface area contributed by atoms with Gasteiger partial charge in [0.05, 0.1) is 11.0 Å². The van der Waals surface area contributed by atoms with Gasteiger partial charge in [0.1, 0.15) is 9.32 Å². The molecule has 4 nitrogen and oxygen atoms in total. The Kier molecular flexibility index (Phi) is 10.7. The summed E-state index contributed by atoms with van der Waals surface area (Å²) >= 11 is 12.7. The quantitative estimate of drug-likeness (QED) is 0.368. The minimum atomic E-state index is -3.23. The van der Waals surface area contributed by atoms with Crippen LogP contribution in [0, 0.1) is 0 Å². The van der Waals surface area contributed by atoms with Crippen molar-refractivity contribution in [2.75, 3.05) is 15.1 Å². The summed E-state index contributed by atoms with van der Waals surface area (Å²) in [4.78, 5) is -0.556. The van der Waals surface area contributed by atoms with Crippen molar-refractivity contribution < 1.29 is 16.8 Å². The van der Waals surface area contributed by atoms with Crippen LogP contribution in [0.5, 0.6) is 0 Å². The van der Waals surface area contributed by atoms with E-state index in [0.29, 0.717) is 12.8 Å². The van der Waals surface area contributed by atoms with Gasteiger partial charge in [-0.15, -0.1) is 0 Å². The van der Waals surface area contributed by atoms with Crippen LogP contribution in [0.3, 0.4) is 0 Å². The van der Waals surface area contributed by atoms with E-state index in [4.69, 9.17) is 0 Å². The second-order valence-corrected chi connectivity index (χ2v) is 13.9. The van der Waals surface area contributed by atoms with E-state index < -0.39 is 24.9 Å². The van der Waals surface area contributed by atoms with Gasteiger partial charge in [-0.25, -0.2) is 16.8 Å². The molecule has 122 valence electrons. The molecule has 10 heteroatoms. The van der Waals surface area contributed by atoms with Crippen molar-refractivity contribution in [3.63, 3.8) is 0 Å². The smallest absolute Gasteiger partial charge is 0.164 e. The third-order valence-electron chi connectivity index (χ3n) is 2.67. The van der Waals surface area contributed by atoms with E-state index >= 15 is 0 Å². The van der Waals surface area contributed by atoms with Gasteiger partial charge >= 0.3 is 0 Å². The Balaban J connectivity index is 4.82. The Morgan fingerprint density at radius 1 is 1.00 bits per heavy atom. The van der Waals surface area contributed by atoms with Crippen LogP contribution in [0.4, 0.5) is 0 Å². The molecule has 3 unspecified atom stereocenters. The van der Waals surface area contributed by atoms with Crippen LogP contribution in [-0.4, -0.2) is 46.8 Å². The molecule has 0 aliphatic heterocycles. The first kappa shape index (κ1) is 21.8. The summed E-state index contributed by atoms with van der Waals surface area (Å²) in [6.45, 7) is 1.93. The molecule has 0 aliphatic carbocycles. The lowest BCUT2D eigenvalue weighted by Crippen LogP contribution is -2.33. The fraction of sp³-hybridized carbons (Fsp3) is 1.00. The molecule has 3 atom stereocenters. The summed E-state index contributed by atoms with van der Waals surface area (Å²) in [5.41, 5.74) is 0. The van der Waals surface area contributed by atoms with Crippen molar-refractivity contribution in [2.45, 2.75) is 41.1 Å². The molecule has 0 radical (unpaired) electrons. The normalized spacial score (nSPS) is 17.6. The molecule has 0 N–H and O–H groups in total. The molecule has 0 rings (SSSR count). The van der Waals surface area contributed by atoms with E-state index in [9.17, 15) is 16.8 Å². The Bertz CT molecular complexity index is 477. The number of halogens is 4. The monoisotopic (exact) mass is 582 g/mol. The Morgan fingerprint density at radius 3 is 1.95 bits per heavy atom. The number of hydrogen-bond acceptors (Lipinski definition) is 4. The number of sulfone groups is 2. The lowest BCUT2D eigenvalue weighted by atomic mass is 10.1. The summed E-state index contributed by atoms with van der Waals surface area (Å²) in [5, 5.41) is -0.515. The van der Waals surface area contributed by atoms with E-state index in [1.807, 2.05) is 6.92 Å². The zero-order chi connectivity index (χ0) is 16.0. The minimum Gasteiger partial charge on any atom is -0.228 e. The van der Waals surface area contributed by atoms with Gasteiger partial charge in [-0.05, 0) is 12.8 Å². The van der Waals surface area contributed by atoms with E-state index in [1.54, 1.807) is 0 Å². The van der Waals surface area contributed by atoms with Crippen molar-refractivity contribution in [3.8, 4) is 0 Å². The predicted octanol–water partition coefficient (Wildman–Crippen LogP) is 3.61. The first-order valence-corrected chi connectivity index (χ1v) is 13.5. The summed E-state index contributed by atoms with van der Waals surface area (Å²) < 4.78 is 46.9. The van der Waals surface area contributed by atoms with Crippen LogP contribution >= 0.6 is 63.7 Å². The van der Waals surface area contributed by atoms with Crippen molar-refractivity contribution in [1.29, 1.82) is 0 Å². The maximum atomic E-state index is 12.0. The van der Waals surface area contributed by atoms with Crippen LogP contribution in [0.2, 0.25) is 0 Å². The first-order valence-electron chi connectivity index (χ1n) is 5.91. The third-order valence-corrected chi connectivity index (χ3v) is 12.2. The van der Waals surface area contributed by atoms with Crippen LogP contribution in [-0.2, 0) is 19.7 Å². The van der Waals surface area contributed by atoms with E-state index in [2.05, 4.69) is 63.7 Å². The maximum Gasteiger partial charge on any atom is 0.164 e. The van der Waals surface area contributed by atoms with Gasteiger partial charge in [0.25, 0.3) is 0 Å². The Hall–Kier alpha value is 1.82. The molecule has 0 bridgehead atoms. The fourth-order valence-electron chi connectivity index (χ4n) is 1.74. The molecule has 0 aromatic carbocycles.